The van der Waals surface area contributed by atoms with E-state index in [1.807, 2.05) is 30.3 Å². The summed E-state index contributed by atoms with van der Waals surface area (Å²) in [7, 11) is 0. The van der Waals surface area contributed by atoms with Gasteiger partial charge in [0.2, 0.25) is 5.88 Å². The molecule has 0 atom stereocenters. The first-order valence-corrected chi connectivity index (χ1v) is 7.67. The number of benzene rings is 1. The average Bonchev–Trinajstić information content (AvgIpc) is 2.49. The van der Waals surface area contributed by atoms with E-state index in [-0.39, 0.29) is 0 Å². The number of hydrogen-bond acceptors (Lipinski definition) is 3. The Bertz CT molecular complexity index is 590. The van der Waals surface area contributed by atoms with Crippen LogP contribution in [-0.2, 0) is 13.2 Å². The summed E-state index contributed by atoms with van der Waals surface area (Å²) in [5, 5.41) is 4.65. The molecule has 1 N–H and O–H groups in total. The normalized spacial score (nSPS) is 10.6. The van der Waals surface area contributed by atoms with Crippen LogP contribution in [0.5, 0.6) is 5.88 Å². The van der Waals surface area contributed by atoms with E-state index >= 15 is 0 Å². The van der Waals surface area contributed by atoms with Gasteiger partial charge in [0, 0.05) is 29.4 Å². The highest BCUT2D eigenvalue weighted by molar-refractivity contribution is 6.31. The second-order valence-electron chi connectivity index (χ2n) is 4.67. The molecular formula is C16H18Cl2N2O. The maximum atomic E-state index is 6.14. The topological polar surface area (TPSA) is 34.1 Å². The second kappa shape index (κ2) is 8.23. The van der Waals surface area contributed by atoms with Crippen molar-refractivity contribution in [2.75, 3.05) is 6.54 Å². The Morgan fingerprint density at radius 1 is 1.14 bits per heavy atom. The Labute approximate surface area is 135 Å². The fourth-order valence-electron chi connectivity index (χ4n) is 1.84. The van der Waals surface area contributed by atoms with Gasteiger partial charge in [-0.05, 0) is 24.6 Å². The highest BCUT2D eigenvalue weighted by Crippen LogP contribution is 2.21. The average molecular weight is 325 g/mol. The van der Waals surface area contributed by atoms with Crippen LogP contribution >= 0.6 is 23.2 Å². The van der Waals surface area contributed by atoms with Crippen molar-refractivity contribution in [1.29, 1.82) is 0 Å². The van der Waals surface area contributed by atoms with Crippen LogP contribution in [0.2, 0.25) is 10.0 Å². The van der Waals surface area contributed by atoms with E-state index < -0.39 is 0 Å². The monoisotopic (exact) mass is 324 g/mol. The molecule has 0 aliphatic heterocycles. The van der Waals surface area contributed by atoms with Crippen molar-refractivity contribution < 1.29 is 4.74 Å². The number of hydrogen-bond donors (Lipinski definition) is 1. The number of aromatic nitrogens is 1. The van der Waals surface area contributed by atoms with Crippen LogP contribution in [0.25, 0.3) is 0 Å². The molecule has 2 rings (SSSR count). The quantitative estimate of drug-likeness (QED) is 0.763. The van der Waals surface area contributed by atoms with Crippen molar-refractivity contribution in [3.05, 3.63) is 57.7 Å². The Balaban J connectivity index is 2.00. The maximum absolute atomic E-state index is 6.14. The van der Waals surface area contributed by atoms with Gasteiger partial charge in [0.05, 0.1) is 5.02 Å². The van der Waals surface area contributed by atoms with E-state index in [9.17, 15) is 0 Å². The molecule has 1 aromatic heterocycles. The largest absolute Gasteiger partial charge is 0.473 e. The molecule has 0 spiro atoms. The molecule has 0 radical (unpaired) electrons. The van der Waals surface area contributed by atoms with E-state index in [1.54, 1.807) is 6.20 Å². The first-order valence-electron chi connectivity index (χ1n) is 6.92. The van der Waals surface area contributed by atoms with Crippen LogP contribution in [0.3, 0.4) is 0 Å². The van der Waals surface area contributed by atoms with Crippen LogP contribution in [0, 0.1) is 0 Å². The third-order valence-corrected chi connectivity index (χ3v) is 3.69. The minimum Gasteiger partial charge on any atom is -0.473 e. The number of ether oxygens (including phenoxy) is 1. The van der Waals surface area contributed by atoms with Gasteiger partial charge in [-0.15, -0.1) is 0 Å². The molecule has 0 saturated carbocycles. The Morgan fingerprint density at radius 3 is 2.71 bits per heavy atom. The van der Waals surface area contributed by atoms with Gasteiger partial charge in [-0.3, -0.25) is 0 Å². The van der Waals surface area contributed by atoms with Crippen LogP contribution < -0.4 is 10.1 Å². The smallest absolute Gasteiger partial charge is 0.213 e. The lowest BCUT2D eigenvalue weighted by atomic mass is 10.2. The predicted molar refractivity (Wildman–Crippen MR) is 87.0 cm³/mol. The summed E-state index contributed by atoms with van der Waals surface area (Å²) in [5.41, 5.74) is 1.91. The molecule has 0 saturated heterocycles. The minimum atomic E-state index is 0.385. The van der Waals surface area contributed by atoms with E-state index in [0.717, 1.165) is 24.1 Å². The van der Waals surface area contributed by atoms with E-state index in [4.69, 9.17) is 27.9 Å². The standard InChI is InChI=1S/C16H18Cl2N2O/c1-2-7-19-9-13-8-16(20-10-15(13)18)21-11-12-5-3-4-6-14(12)17/h3-6,8,10,19H,2,7,9,11H2,1H3. The summed E-state index contributed by atoms with van der Waals surface area (Å²) in [4.78, 5) is 4.19. The zero-order valence-electron chi connectivity index (χ0n) is 11.9. The highest BCUT2D eigenvalue weighted by atomic mass is 35.5. The number of nitrogens with one attached hydrogen (secondary N) is 1. The maximum Gasteiger partial charge on any atom is 0.213 e. The number of rotatable bonds is 7. The molecule has 2 aromatic rings. The predicted octanol–water partition coefficient (Wildman–Crippen LogP) is 4.47. The van der Waals surface area contributed by atoms with Gasteiger partial charge in [0.25, 0.3) is 0 Å². The van der Waals surface area contributed by atoms with Crippen LogP contribution in [0.15, 0.2) is 36.5 Å². The SMILES string of the molecule is CCCNCc1cc(OCc2ccccc2Cl)ncc1Cl. The summed E-state index contributed by atoms with van der Waals surface area (Å²) in [6.45, 7) is 4.17. The Kier molecular flexibility index (Phi) is 6.30. The second-order valence-corrected chi connectivity index (χ2v) is 5.49. The molecule has 0 aliphatic rings. The molecule has 1 heterocycles. The summed E-state index contributed by atoms with van der Waals surface area (Å²) in [6.07, 6.45) is 2.70. The molecule has 5 heteroatoms. The van der Waals surface area contributed by atoms with Gasteiger partial charge < -0.3 is 10.1 Å². The van der Waals surface area contributed by atoms with Crippen molar-refractivity contribution in [3.63, 3.8) is 0 Å². The van der Waals surface area contributed by atoms with Crippen molar-refractivity contribution >= 4 is 23.2 Å². The number of halogens is 2. The van der Waals surface area contributed by atoms with Crippen LogP contribution in [-0.4, -0.2) is 11.5 Å². The van der Waals surface area contributed by atoms with E-state index in [0.29, 0.717) is 29.1 Å². The lowest BCUT2D eigenvalue weighted by molar-refractivity contribution is 0.293. The van der Waals surface area contributed by atoms with E-state index in [2.05, 4.69) is 17.2 Å². The summed E-state index contributed by atoms with van der Waals surface area (Å²) < 4.78 is 5.69. The fraction of sp³-hybridized carbons (Fsp3) is 0.312. The third-order valence-electron chi connectivity index (χ3n) is 2.99. The van der Waals surface area contributed by atoms with Crippen molar-refractivity contribution in [1.82, 2.24) is 10.3 Å². The molecule has 0 aliphatic carbocycles. The molecule has 0 fully saturated rings. The number of pyridine rings is 1. The first kappa shape index (κ1) is 16.1. The van der Waals surface area contributed by atoms with Crippen molar-refractivity contribution in [2.45, 2.75) is 26.5 Å². The van der Waals surface area contributed by atoms with Gasteiger partial charge in [-0.2, -0.15) is 0 Å². The molecule has 3 nitrogen and oxygen atoms in total. The third kappa shape index (κ3) is 4.88. The van der Waals surface area contributed by atoms with Crippen molar-refractivity contribution in [3.8, 4) is 5.88 Å². The van der Waals surface area contributed by atoms with Gasteiger partial charge in [-0.1, -0.05) is 48.3 Å². The molecule has 0 amide bonds. The Hall–Kier alpha value is -1.29. The first-order chi connectivity index (χ1) is 10.2. The molecule has 0 unspecified atom stereocenters. The number of nitrogens with zero attached hydrogens (tertiary/aromatic N) is 1. The molecular weight excluding hydrogens is 307 g/mol. The molecule has 112 valence electrons. The zero-order chi connectivity index (χ0) is 15.1. The lowest BCUT2D eigenvalue weighted by Gasteiger charge is -2.10. The molecule has 21 heavy (non-hydrogen) atoms. The van der Waals surface area contributed by atoms with Gasteiger partial charge in [0.15, 0.2) is 0 Å². The fourth-order valence-corrected chi connectivity index (χ4v) is 2.20. The summed E-state index contributed by atoms with van der Waals surface area (Å²) in [6, 6.07) is 9.46. The lowest BCUT2D eigenvalue weighted by Crippen LogP contribution is -2.14. The summed E-state index contributed by atoms with van der Waals surface area (Å²) in [5.74, 6) is 0.549. The summed E-state index contributed by atoms with van der Waals surface area (Å²) >= 11 is 12.2. The highest BCUT2D eigenvalue weighted by Gasteiger charge is 2.06. The van der Waals surface area contributed by atoms with Gasteiger partial charge in [0.1, 0.15) is 6.61 Å². The Morgan fingerprint density at radius 2 is 1.95 bits per heavy atom. The van der Waals surface area contributed by atoms with Gasteiger partial charge >= 0.3 is 0 Å². The zero-order valence-corrected chi connectivity index (χ0v) is 13.4. The minimum absolute atomic E-state index is 0.385. The van der Waals surface area contributed by atoms with Crippen molar-refractivity contribution in [2.24, 2.45) is 0 Å². The van der Waals surface area contributed by atoms with Gasteiger partial charge in [-0.25, -0.2) is 4.98 Å². The van der Waals surface area contributed by atoms with Crippen LogP contribution in [0.4, 0.5) is 0 Å². The van der Waals surface area contributed by atoms with E-state index in [1.165, 1.54) is 0 Å². The molecule has 0 bridgehead atoms. The van der Waals surface area contributed by atoms with Crippen LogP contribution in [0.1, 0.15) is 24.5 Å². The molecule has 1 aromatic carbocycles.